The van der Waals surface area contributed by atoms with Gasteiger partial charge in [0.15, 0.2) is 5.17 Å². The number of fused-ring (bicyclic) bond motifs is 1. The average Bonchev–Trinajstić information content (AvgIpc) is 2.65. The molecule has 0 unspecified atom stereocenters. The van der Waals surface area contributed by atoms with Gasteiger partial charge in [-0.15, -0.1) is 0 Å². The first-order valence-corrected chi connectivity index (χ1v) is 5.82. The molecular weight excluding hydrogens is 274 g/mol. The Kier molecular flexibility index (Phi) is 3.71. The molecule has 0 spiro atoms. The summed E-state index contributed by atoms with van der Waals surface area (Å²) in [4.78, 5) is 14.2. The Balaban J connectivity index is 2.11. The lowest BCUT2D eigenvalue weighted by Crippen LogP contribution is -2.56. The molecule has 2 heterocycles. The van der Waals surface area contributed by atoms with E-state index in [4.69, 9.17) is 9.84 Å². The number of carbonyl (C=O) groups is 1. The predicted molar refractivity (Wildman–Crippen MR) is 56.7 cm³/mol. The molecule has 2 rings (SSSR count). The highest BCUT2D eigenvalue weighted by molar-refractivity contribution is 8.14. The van der Waals surface area contributed by atoms with Crippen LogP contribution in [0.3, 0.4) is 0 Å². The van der Waals surface area contributed by atoms with E-state index < -0.39 is 42.3 Å². The molecule has 102 valence electrons. The van der Waals surface area contributed by atoms with Gasteiger partial charge in [-0.2, -0.15) is 0 Å². The van der Waals surface area contributed by atoms with E-state index >= 15 is 0 Å². The molecule has 0 aromatic carbocycles. The summed E-state index contributed by atoms with van der Waals surface area (Å²) in [5.74, 6) is 0. The maximum Gasteiger partial charge on any atom is 0.410 e. The first-order chi connectivity index (χ1) is 8.40. The van der Waals surface area contributed by atoms with Gasteiger partial charge in [-0.3, -0.25) is 10.3 Å². The predicted octanol–water partition coefficient (Wildman–Crippen LogP) is -0.563. The Morgan fingerprint density at radius 3 is 2.67 bits per heavy atom. The number of nitrogens with one attached hydrogen (secondary N) is 1. The number of halogens is 2. The Bertz CT molecular complexity index is 382. The third-order valence-electron chi connectivity index (χ3n) is 2.56. The lowest BCUT2D eigenvalue weighted by molar-refractivity contribution is -0.193. The van der Waals surface area contributed by atoms with Crippen LogP contribution in [0.1, 0.15) is 0 Å². The molecule has 4 N–H and O–H groups in total. The summed E-state index contributed by atoms with van der Waals surface area (Å²) in [6, 6.07) is -0.971. The Morgan fingerprint density at radius 1 is 1.44 bits per heavy atom. The van der Waals surface area contributed by atoms with Crippen LogP contribution in [0.5, 0.6) is 0 Å². The first kappa shape index (κ1) is 13.5. The molecule has 0 aromatic heterocycles. The molecular formula is C8H10F2N2O5S. The van der Waals surface area contributed by atoms with E-state index in [1.54, 1.807) is 0 Å². The fourth-order valence-electron chi connectivity index (χ4n) is 1.75. The highest BCUT2D eigenvalue weighted by atomic mass is 32.2. The largest absolute Gasteiger partial charge is 0.465 e. The van der Waals surface area contributed by atoms with E-state index in [2.05, 4.69) is 4.99 Å². The molecule has 1 saturated heterocycles. The number of amides is 1. The Hall–Kier alpha value is -0.970. The number of aliphatic hydroxyl groups is 2. The number of nitrogens with zero attached hydrogens (tertiary/aromatic N) is 1. The lowest BCUT2D eigenvalue weighted by atomic mass is 9.98. The van der Waals surface area contributed by atoms with E-state index in [0.29, 0.717) is 0 Å². The second-order valence-electron chi connectivity index (χ2n) is 3.76. The van der Waals surface area contributed by atoms with Gasteiger partial charge in [0, 0.05) is 0 Å². The molecule has 0 aromatic rings. The van der Waals surface area contributed by atoms with Crippen LogP contribution < -0.4 is 5.32 Å². The molecule has 1 amide bonds. The molecule has 5 atom stereocenters. The molecule has 7 nitrogen and oxygen atoms in total. The maximum absolute atomic E-state index is 12.6. The normalized spacial score (nSPS) is 39.4. The molecule has 2 aliphatic heterocycles. The SMILES string of the molecule is O=C(O)NC1=N[C@@H]2[C@@H](O)[C@H](O)[C@@H](C(F)F)O[C@@H]2S1. The zero-order chi connectivity index (χ0) is 13.4. The van der Waals surface area contributed by atoms with Gasteiger partial charge in [-0.25, -0.2) is 13.6 Å². The average molecular weight is 284 g/mol. The molecule has 10 heteroatoms. The summed E-state index contributed by atoms with van der Waals surface area (Å²) < 4.78 is 30.0. The Labute approximate surface area is 104 Å². The van der Waals surface area contributed by atoms with Crippen molar-refractivity contribution in [3.63, 3.8) is 0 Å². The van der Waals surface area contributed by atoms with Gasteiger partial charge in [-0.05, 0) is 0 Å². The zero-order valence-corrected chi connectivity index (χ0v) is 9.55. The summed E-state index contributed by atoms with van der Waals surface area (Å²) in [6.45, 7) is 0. The number of carboxylic acid groups (broad SMARTS) is 1. The summed E-state index contributed by atoms with van der Waals surface area (Å²) >= 11 is 0.781. The standard InChI is InChI=1S/C8H10F2N2O5S/c9-5(10)4-3(14)2(13)1-6(17-4)18-7(11-1)12-8(15)16/h1-6,13-14H,(H,11,12)(H,15,16)/t1-,2-,3+,4+,6-/m1/s1. The van der Waals surface area contributed by atoms with Crippen molar-refractivity contribution in [3.8, 4) is 0 Å². The summed E-state index contributed by atoms with van der Waals surface area (Å²) in [5.41, 5.74) is -0.941. The number of rotatable bonds is 1. The fraction of sp³-hybridized carbons (Fsp3) is 0.750. The minimum Gasteiger partial charge on any atom is -0.465 e. The monoisotopic (exact) mass is 284 g/mol. The zero-order valence-electron chi connectivity index (χ0n) is 8.73. The molecule has 0 saturated carbocycles. The van der Waals surface area contributed by atoms with Crippen molar-refractivity contribution in [2.45, 2.75) is 36.2 Å². The number of hydrogen-bond donors (Lipinski definition) is 4. The fourth-order valence-corrected chi connectivity index (χ4v) is 2.84. The van der Waals surface area contributed by atoms with Crippen molar-refractivity contribution in [1.29, 1.82) is 0 Å². The minimum absolute atomic E-state index is 0.0568. The summed E-state index contributed by atoms with van der Waals surface area (Å²) in [7, 11) is 0. The number of alkyl halides is 2. The summed E-state index contributed by atoms with van der Waals surface area (Å²) in [5, 5.41) is 29.5. The van der Waals surface area contributed by atoms with Crippen molar-refractivity contribution in [1.82, 2.24) is 5.32 Å². The molecule has 2 aliphatic rings. The van der Waals surface area contributed by atoms with Crippen LogP contribution >= 0.6 is 11.8 Å². The lowest BCUT2D eigenvalue weighted by Gasteiger charge is -2.37. The van der Waals surface area contributed by atoms with Crippen LogP contribution in [0.25, 0.3) is 0 Å². The minimum atomic E-state index is -2.95. The van der Waals surface area contributed by atoms with Crippen LogP contribution in [-0.2, 0) is 4.74 Å². The number of thioether (sulfide) groups is 1. The van der Waals surface area contributed by atoms with Crippen molar-refractivity contribution in [2.75, 3.05) is 0 Å². The molecule has 1 fully saturated rings. The number of amidine groups is 1. The van der Waals surface area contributed by atoms with Crippen LogP contribution in [-0.4, -0.2) is 62.8 Å². The topological polar surface area (TPSA) is 111 Å². The smallest absolute Gasteiger partial charge is 0.410 e. The second kappa shape index (κ2) is 4.96. The van der Waals surface area contributed by atoms with E-state index in [0.717, 1.165) is 11.8 Å². The van der Waals surface area contributed by atoms with E-state index in [1.807, 2.05) is 5.32 Å². The Morgan fingerprint density at radius 2 is 2.11 bits per heavy atom. The summed E-state index contributed by atoms with van der Waals surface area (Å²) in [6.07, 6.45) is -9.41. The van der Waals surface area contributed by atoms with Gasteiger partial charge in [0.05, 0.1) is 0 Å². The second-order valence-corrected chi connectivity index (χ2v) is 4.84. The van der Waals surface area contributed by atoms with Gasteiger partial charge >= 0.3 is 6.09 Å². The van der Waals surface area contributed by atoms with Crippen LogP contribution in [0.2, 0.25) is 0 Å². The first-order valence-electron chi connectivity index (χ1n) is 4.94. The molecule has 0 radical (unpaired) electrons. The molecule has 18 heavy (non-hydrogen) atoms. The quantitative estimate of drug-likeness (QED) is 0.513. The van der Waals surface area contributed by atoms with Crippen molar-refractivity contribution in [2.24, 2.45) is 4.99 Å². The van der Waals surface area contributed by atoms with Crippen molar-refractivity contribution >= 4 is 23.0 Å². The third kappa shape index (κ3) is 2.41. The van der Waals surface area contributed by atoms with Crippen molar-refractivity contribution < 1.29 is 33.6 Å². The van der Waals surface area contributed by atoms with Crippen LogP contribution in [0.15, 0.2) is 4.99 Å². The number of aliphatic hydroxyl groups excluding tert-OH is 2. The van der Waals surface area contributed by atoms with Crippen LogP contribution in [0.4, 0.5) is 13.6 Å². The molecule has 0 bridgehead atoms. The van der Waals surface area contributed by atoms with Gasteiger partial charge in [0.2, 0.25) is 0 Å². The van der Waals surface area contributed by atoms with Gasteiger partial charge in [-0.1, -0.05) is 11.8 Å². The van der Waals surface area contributed by atoms with Crippen LogP contribution in [0, 0.1) is 0 Å². The van der Waals surface area contributed by atoms with E-state index in [1.165, 1.54) is 0 Å². The van der Waals surface area contributed by atoms with Gasteiger partial charge in [0.25, 0.3) is 6.43 Å². The third-order valence-corrected chi connectivity index (χ3v) is 3.62. The van der Waals surface area contributed by atoms with Gasteiger partial charge < -0.3 is 20.1 Å². The van der Waals surface area contributed by atoms with Gasteiger partial charge in [0.1, 0.15) is 29.8 Å². The van der Waals surface area contributed by atoms with Crippen molar-refractivity contribution in [3.05, 3.63) is 0 Å². The van der Waals surface area contributed by atoms with E-state index in [9.17, 15) is 23.8 Å². The number of ether oxygens (including phenoxy) is 1. The highest BCUT2D eigenvalue weighted by Gasteiger charge is 2.51. The van der Waals surface area contributed by atoms with E-state index in [-0.39, 0.29) is 5.17 Å². The maximum atomic E-state index is 12.6. The number of aliphatic imine (C=N–C) groups is 1. The highest BCUT2D eigenvalue weighted by Crippen LogP contribution is 2.37. The molecule has 0 aliphatic carbocycles. The number of hydrogen-bond acceptors (Lipinski definition) is 6.